The fourth-order valence-corrected chi connectivity index (χ4v) is 2.91. The van der Waals surface area contributed by atoms with Crippen LogP contribution < -0.4 is 19.1 Å². The predicted octanol–water partition coefficient (Wildman–Crippen LogP) is 2.77. The number of nitrogens with one attached hydrogen (secondary N) is 1. The molecule has 0 aliphatic rings. The predicted molar refractivity (Wildman–Crippen MR) is 98.2 cm³/mol. The van der Waals surface area contributed by atoms with Gasteiger partial charge < -0.3 is 28.8 Å². The van der Waals surface area contributed by atoms with Crippen molar-refractivity contribution >= 4 is 34.3 Å². The second-order valence-corrected chi connectivity index (χ2v) is 5.83. The standard InChI is InChI=1S/C17H20N2O6S/c1-4-19(12-6-8-15(24-2)16(10-12)25-3)14-7-5-11(18-26(22)23)9-13(14)17(20)21/h5-10,18H,4H2,1-3H3,(H,20,21)(H,22,23)/p-1. The van der Waals surface area contributed by atoms with E-state index < -0.39 is 17.2 Å². The highest BCUT2D eigenvalue weighted by atomic mass is 32.2. The van der Waals surface area contributed by atoms with Crippen LogP contribution in [0.15, 0.2) is 36.4 Å². The first-order valence-corrected chi connectivity index (χ1v) is 8.71. The maximum absolute atomic E-state index is 11.7. The van der Waals surface area contributed by atoms with Gasteiger partial charge in [-0.05, 0) is 37.3 Å². The number of benzene rings is 2. The molecule has 0 bridgehead atoms. The average molecular weight is 379 g/mol. The zero-order chi connectivity index (χ0) is 19.3. The fourth-order valence-electron chi connectivity index (χ4n) is 2.59. The number of ether oxygens (including phenoxy) is 2. The number of hydrogen-bond donors (Lipinski definition) is 2. The summed E-state index contributed by atoms with van der Waals surface area (Å²) >= 11 is -2.54. The van der Waals surface area contributed by atoms with Gasteiger partial charge in [0.1, 0.15) is 0 Å². The zero-order valence-electron chi connectivity index (χ0n) is 14.5. The molecule has 26 heavy (non-hydrogen) atoms. The third-order valence-electron chi connectivity index (χ3n) is 3.71. The molecule has 0 amide bonds. The van der Waals surface area contributed by atoms with Crippen molar-refractivity contribution in [3.63, 3.8) is 0 Å². The normalized spacial score (nSPS) is 11.5. The summed E-state index contributed by atoms with van der Waals surface area (Å²) in [7, 11) is 3.05. The van der Waals surface area contributed by atoms with Crippen LogP contribution in [0.4, 0.5) is 17.1 Å². The van der Waals surface area contributed by atoms with Gasteiger partial charge in [0, 0.05) is 35.3 Å². The van der Waals surface area contributed by atoms with E-state index in [1.54, 1.807) is 29.2 Å². The summed E-state index contributed by atoms with van der Waals surface area (Å²) in [5.74, 6) is -0.0946. The van der Waals surface area contributed by atoms with Crippen LogP contribution in [0.25, 0.3) is 0 Å². The molecule has 0 aliphatic heterocycles. The Morgan fingerprint density at radius 2 is 1.88 bits per heavy atom. The number of nitrogens with zero attached hydrogens (tertiary/aromatic N) is 1. The van der Waals surface area contributed by atoms with Gasteiger partial charge in [0.25, 0.3) is 0 Å². The second kappa shape index (κ2) is 8.54. The van der Waals surface area contributed by atoms with Gasteiger partial charge in [0.05, 0.1) is 25.5 Å². The van der Waals surface area contributed by atoms with Crippen molar-refractivity contribution in [3.05, 3.63) is 42.0 Å². The highest BCUT2D eigenvalue weighted by Crippen LogP contribution is 2.36. The highest BCUT2D eigenvalue weighted by molar-refractivity contribution is 7.80. The van der Waals surface area contributed by atoms with E-state index >= 15 is 0 Å². The Labute approximate surface area is 153 Å². The summed E-state index contributed by atoms with van der Waals surface area (Å²) in [4.78, 5) is 13.5. The van der Waals surface area contributed by atoms with Crippen molar-refractivity contribution in [1.29, 1.82) is 0 Å². The van der Waals surface area contributed by atoms with Crippen LogP contribution >= 0.6 is 0 Å². The maximum atomic E-state index is 11.7. The van der Waals surface area contributed by atoms with Crippen molar-refractivity contribution in [2.24, 2.45) is 0 Å². The lowest BCUT2D eigenvalue weighted by Gasteiger charge is -2.26. The number of hydrogen-bond acceptors (Lipinski definition) is 6. The smallest absolute Gasteiger partial charge is 0.337 e. The van der Waals surface area contributed by atoms with Gasteiger partial charge in [-0.3, -0.25) is 4.21 Å². The highest BCUT2D eigenvalue weighted by Gasteiger charge is 2.18. The maximum Gasteiger partial charge on any atom is 0.337 e. The largest absolute Gasteiger partial charge is 0.755 e. The summed E-state index contributed by atoms with van der Waals surface area (Å²) in [6, 6.07) is 9.59. The van der Waals surface area contributed by atoms with Crippen LogP contribution in [-0.4, -0.2) is 40.6 Å². The SMILES string of the molecule is CCN(c1ccc(OC)c(OC)c1)c1ccc(NS(=O)[O-])cc1C(=O)O. The summed E-state index contributed by atoms with van der Waals surface area (Å²) in [6.07, 6.45) is 0. The molecule has 2 aromatic rings. The lowest BCUT2D eigenvalue weighted by molar-refractivity contribution is 0.0697. The molecule has 2 aromatic carbocycles. The van der Waals surface area contributed by atoms with Gasteiger partial charge in [0.2, 0.25) is 0 Å². The third-order valence-corrected chi connectivity index (χ3v) is 4.12. The van der Waals surface area contributed by atoms with E-state index in [9.17, 15) is 18.7 Å². The van der Waals surface area contributed by atoms with Crippen molar-refractivity contribution in [3.8, 4) is 11.5 Å². The Hall–Kier alpha value is -2.78. The van der Waals surface area contributed by atoms with E-state index in [0.717, 1.165) is 0 Å². The minimum Gasteiger partial charge on any atom is -0.755 e. The van der Waals surface area contributed by atoms with Gasteiger partial charge in [-0.1, -0.05) is 0 Å². The number of aromatic carboxylic acids is 1. The Morgan fingerprint density at radius 1 is 1.19 bits per heavy atom. The summed E-state index contributed by atoms with van der Waals surface area (Å²) in [5, 5.41) is 9.55. The Bertz CT molecular complexity index is 827. The fraction of sp³-hybridized carbons (Fsp3) is 0.235. The molecule has 0 saturated carbocycles. The van der Waals surface area contributed by atoms with Crippen LogP contribution in [-0.2, 0) is 11.3 Å². The molecular weight excluding hydrogens is 360 g/mol. The lowest BCUT2D eigenvalue weighted by Crippen LogP contribution is -2.19. The van der Waals surface area contributed by atoms with Crippen molar-refractivity contribution < 1.29 is 28.1 Å². The molecule has 2 rings (SSSR count). The van der Waals surface area contributed by atoms with Crippen LogP contribution in [0.1, 0.15) is 17.3 Å². The van der Waals surface area contributed by atoms with Gasteiger partial charge in [-0.25, -0.2) is 4.79 Å². The molecule has 0 spiro atoms. The number of anilines is 3. The first-order chi connectivity index (χ1) is 12.4. The van der Waals surface area contributed by atoms with Crippen LogP contribution in [0.3, 0.4) is 0 Å². The van der Waals surface area contributed by atoms with E-state index in [-0.39, 0.29) is 11.3 Å². The summed E-state index contributed by atoms with van der Waals surface area (Å²) in [6.45, 7) is 2.36. The molecule has 1 unspecified atom stereocenters. The van der Waals surface area contributed by atoms with Crippen LogP contribution in [0.2, 0.25) is 0 Å². The van der Waals surface area contributed by atoms with E-state index in [0.29, 0.717) is 29.4 Å². The monoisotopic (exact) mass is 379 g/mol. The van der Waals surface area contributed by atoms with Gasteiger partial charge in [-0.15, -0.1) is 0 Å². The molecule has 0 heterocycles. The first-order valence-electron chi connectivity index (χ1n) is 7.64. The molecule has 1 atom stereocenters. The third kappa shape index (κ3) is 4.24. The molecule has 0 saturated heterocycles. The van der Waals surface area contributed by atoms with Crippen LogP contribution in [0, 0.1) is 0 Å². The Morgan fingerprint density at radius 3 is 2.42 bits per heavy atom. The summed E-state index contributed by atoms with van der Waals surface area (Å²) < 4.78 is 34.2. The van der Waals surface area contributed by atoms with Gasteiger partial charge in [0.15, 0.2) is 11.5 Å². The zero-order valence-corrected chi connectivity index (χ0v) is 15.3. The lowest BCUT2D eigenvalue weighted by atomic mass is 10.1. The van der Waals surface area contributed by atoms with Crippen molar-refractivity contribution in [1.82, 2.24) is 0 Å². The van der Waals surface area contributed by atoms with E-state index in [1.807, 2.05) is 6.92 Å². The van der Waals surface area contributed by atoms with Crippen LogP contribution in [0.5, 0.6) is 11.5 Å². The molecule has 2 N–H and O–H groups in total. The van der Waals surface area contributed by atoms with Crippen molar-refractivity contribution in [2.75, 3.05) is 30.4 Å². The van der Waals surface area contributed by atoms with Gasteiger partial charge >= 0.3 is 5.97 Å². The summed E-state index contributed by atoms with van der Waals surface area (Å²) in [5.41, 5.74) is 1.27. The molecule has 140 valence electrons. The van der Waals surface area contributed by atoms with E-state index in [4.69, 9.17) is 9.47 Å². The number of methoxy groups -OCH3 is 2. The second-order valence-electron chi connectivity index (χ2n) is 5.16. The van der Waals surface area contributed by atoms with Crippen molar-refractivity contribution in [2.45, 2.75) is 6.92 Å². The molecule has 0 aromatic heterocycles. The molecule has 0 fully saturated rings. The number of carboxylic acids is 1. The Balaban J connectivity index is 2.52. The molecule has 9 heteroatoms. The van der Waals surface area contributed by atoms with Gasteiger partial charge in [-0.2, -0.15) is 0 Å². The average Bonchev–Trinajstić information content (AvgIpc) is 2.62. The molecule has 8 nitrogen and oxygen atoms in total. The molecular formula is C17H19N2O6S-. The quantitative estimate of drug-likeness (QED) is 0.678. The minimum atomic E-state index is -2.54. The number of carboxylic acid groups (broad SMARTS) is 1. The topological polar surface area (TPSA) is 111 Å². The molecule has 0 radical (unpaired) electrons. The first kappa shape index (κ1) is 19.5. The number of carbonyl (C=O) groups is 1. The van der Waals surface area contributed by atoms with E-state index in [2.05, 4.69) is 4.72 Å². The minimum absolute atomic E-state index is 0.0305. The number of rotatable bonds is 8. The molecule has 0 aliphatic carbocycles. The van der Waals surface area contributed by atoms with E-state index in [1.165, 1.54) is 26.4 Å². The Kier molecular flexibility index (Phi) is 6.42.